The molecule has 3 rings (SSSR count). The van der Waals surface area contributed by atoms with E-state index in [1.807, 2.05) is 6.07 Å². The Morgan fingerprint density at radius 1 is 1.15 bits per heavy atom. The van der Waals surface area contributed by atoms with E-state index in [0.29, 0.717) is 25.8 Å². The first-order valence-electron chi connectivity index (χ1n) is 13.8. The molecule has 0 radical (unpaired) electrons. The smallest absolute Gasteiger partial charge is 0.407 e. The van der Waals surface area contributed by atoms with Crippen LogP contribution in [0.3, 0.4) is 0 Å². The standard InChI is InChI=1S/C29H43N5O5S/c1-22-10-12-23(13-11-22)18-29(14-7-15-29)21-39-28(37)33-25(9-4-5-17-32-40(38)34(2)3)26(35)27(36)31-20-24-8-6-16-30-19-24/h6,8,10-13,16,19,25-26,32,35H,4-5,7,9,14-15,17-18,20-21H2,1-3H3,(H,31,36)(H,33,37)/t25-,26?,40?/m0/s1. The van der Waals surface area contributed by atoms with E-state index in [0.717, 1.165) is 31.2 Å². The summed E-state index contributed by atoms with van der Waals surface area (Å²) in [5.41, 5.74) is 3.14. The van der Waals surface area contributed by atoms with Crippen LogP contribution in [0, 0.1) is 12.3 Å². The summed E-state index contributed by atoms with van der Waals surface area (Å²) >= 11 is -1.28. The summed E-state index contributed by atoms with van der Waals surface area (Å²) in [6, 6.07) is 11.2. The summed E-state index contributed by atoms with van der Waals surface area (Å²) in [6.45, 7) is 3.04. The number of aliphatic hydroxyl groups excluding tert-OH is 1. The first kappa shape index (κ1) is 31.7. The van der Waals surface area contributed by atoms with Crippen LogP contribution in [0.4, 0.5) is 4.79 Å². The molecule has 1 aromatic heterocycles. The highest BCUT2D eigenvalue weighted by atomic mass is 32.2. The molecule has 3 atom stereocenters. The highest BCUT2D eigenvalue weighted by Crippen LogP contribution is 2.44. The molecular formula is C29H43N5O5S. The van der Waals surface area contributed by atoms with Crippen LogP contribution in [0.5, 0.6) is 0 Å². The molecule has 1 aromatic carbocycles. The van der Waals surface area contributed by atoms with Crippen molar-refractivity contribution in [2.24, 2.45) is 5.41 Å². The van der Waals surface area contributed by atoms with Gasteiger partial charge in [0.15, 0.2) is 17.3 Å². The number of hydrogen-bond acceptors (Lipinski definition) is 6. The number of aryl methyl sites for hydroxylation is 1. The number of rotatable bonds is 16. The number of pyridine rings is 1. The van der Waals surface area contributed by atoms with Gasteiger partial charge in [0.2, 0.25) is 0 Å². The Morgan fingerprint density at radius 2 is 1.90 bits per heavy atom. The van der Waals surface area contributed by atoms with Crippen LogP contribution in [0.2, 0.25) is 0 Å². The highest BCUT2D eigenvalue weighted by Gasteiger charge is 2.39. The van der Waals surface area contributed by atoms with E-state index < -0.39 is 35.3 Å². The van der Waals surface area contributed by atoms with E-state index in [4.69, 9.17) is 4.74 Å². The number of unbranched alkanes of at least 4 members (excludes halogenated alkanes) is 1. The lowest BCUT2D eigenvalue weighted by Crippen LogP contribution is -2.51. The van der Waals surface area contributed by atoms with Gasteiger partial charge in [0, 0.05) is 45.0 Å². The predicted molar refractivity (Wildman–Crippen MR) is 155 cm³/mol. The summed E-state index contributed by atoms with van der Waals surface area (Å²) in [5, 5.41) is 16.3. The molecule has 40 heavy (non-hydrogen) atoms. The van der Waals surface area contributed by atoms with Crippen LogP contribution in [-0.4, -0.2) is 70.0 Å². The fraction of sp³-hybridized carbons (Fsp3) is 0.552. The molecule has 0 bridgehead atoms. The van der Waals surface area contributed by atoms with E-state index in [-0.39, 0.29) is 18.6 Å². The summed E-state index contributed by atoms with van der Waals surface area (Å²) in [7, 11) is 3.42. The number of ether oxygens (including phenoxy) is 1. The van der Waals surface area contributed by atoms with Crippen LogP contribution >= 0.6 is 0 Å². The second-order valence-corrected chi connectivity index (χ2v) is 12.3. The fourth-order valence-electron chi connectivity index (χ4n) is 4.67. The van der Waals surface area contributed by atoms with Crippen molar-refractivity contribution in [2.75, 3.05) is 27.2 Å². The largest absolute Gasteiger partial charge is 0.449 e. The lowest BCUT2D eigenvalue weighted by atomic mass is 9.66. The van der Waals surface area contributed by atoms with Crippen molar-refractivity contribution in [3.8, 4) is 0 Å². The van der Waals surface area contributed by atoms with Crippen molar-refractivity contribution in [2.45, 2.75) is 70.6 Å². The molecule has 0 spiro atoms. The average molecular weight is 574 g/mol. The minimum atomic E-state index is -1.46. The molecular weight excluding hydrogens is 530 g/mol. The summed E-state index contributed by atoms with van der Waals surface area (Å²) in [5.74, 6) is -0.587. The van der Waals surface area contributed by atoms with Gasteiger partial charge in [-0.25, -0.2) is 18.0 Å². The Balaban J connectivity index is 1.54. The molecule has 4 N–H and O–H groups in total. The van der Waals surface area contributed by atoms with Crippen molar-refractivity contribution in [3.05, 3.63) is 65.5 Å². The predicted octanol–water partition coefficient (Wildman–Crippen LogP) is 2.78. The van der Waals surface area contributed by atoms with E-state index in [1.54, 1.807) is 36.9 Å². The third kappa shape index (κ3) is 10.3. The highest BCUT2D eigenvalue weighted by molar-refractivity contribution is 7.80. The normalized spacial score (nSPS) is 16.4. The van der Waals surface area contributed by atoms with Gasteiger partial charge in [0.1, 0.15) is 0 Å². The first-order valence-corrected chi connectivity index (χ1v) is 14.9. The summed E-state index contributed by atoms with van der Waals surface area (Å²) in [6.07, 6.45) is 6.67. The van der Waals surface area contributed by atoms with Crippen LogP contribution in [0.15, 0.2) is 48.8 Å². The van der Waals surface area contributed by atoms with E-state index in [2.05, 4.69) is 51.5 Å². The molecule has 1 fully saturated rings. The molecule has 11 heteroatoms. The van der Waals surface area contributed by atoms with Gasteiger partial charge >= 0.3 is 6.09 Å². The maximum absolute atomic E-state index is 12.9. The van der Waals surface area contributed by atoms with Crippen molar-refractivity contribution in [1.29, 1.82) is 0 Å². The van der Waals surface area contributed by atoms with Crippen LogP contribution in [0.25, 0.3) is 0 Å². The van der Waals surface area contributed by atoms with Gasteiger partial charge < -0.3 is 20.5 Å². The quantitative estimate of drug-likeness (QED) is 0.228. The molecule has 2 aromatic rings. The molecule has 2 amide bonds. The van der Waals surface area contributed by atoms with Gasteiger partial charge in [-0.1, -0.05) is 42.3 Å². The zero-order valence-corrected chi connectivity index (χ0v) is 24.5. The minimum Gasteiger partial charge on any atom is -0.449 e. The number of amides is 2. The van der Waals surface area contributed by atoms with E-state index in [1.165, 1.54) is 11.1 Å². The van der Waals surface area contributed by atoms with Crippen LogP contribution in [0.1, 0.15) is 55.2 Å². The Labute approximate surface area is 240 Å². The number of alkyl carbamates (subject to hydrolysis) is 1. The fourth-order valence-corrected chi connectivity index (χ4v) is 5.24. The molecule has 1 heterocycles. The van der Waals surface area contributed by atoms with Crippen molar-refractivity contribution in [3.63, 3.8) is 0 Å². The zero-order valence-electron chi connectivity index (χ0n) is 23.7. The van der Waals surface area contributed by atoms with Gasteiger partial charge in [-0.2, -0.15) is 0 Å². The number of nitrogens with one attached hydrogen (secondary N) is 3. The lowest BCUT2D eigenvalue weighted by molar-refractivity contribution is -0.131. The molecule has 1 saturated carbocycles. The maximum atomic E-state index is 12.9. The Morgan fingerprint density at radius 3 is 2.52 bits per heavy atom. The molecule has 1 aliphatic carbocycles. The van der Waals surface area contributed by atoms with Crippen molar-refractivity contribution >= 4 is 23.2 Å². The number of aliphatic hydroxyl groups is 1. The number of carbonyl (C=O) groups excluding carboxylic acids is 2. The Bertz CT molecular complexity index is 1100. The van der Waals surface area contributed by atoms with Gasteiger partial charge in [-0.15, -0.1) is 0 Å². The molecule has 0 aliphatic heterocycles. The SMILES string of the molecule is Cc1ccc(CC2(COC(=O)N[C@@H](CCCCNS(=O)N(C)C)C(O)C(=O)NCc3cccnc3)CCC2)cc1. The Hall–Kier alpha value is -2.86. The van der Waals surface area contributed by atoms with Crippen molar-refractivity contribution < 1.29 is 23.6 Å². The molecule has 1 aliphatic rings. The van der Waals surface area contributed by atoms with Crippen LogP contribution < -0.4 is 15.4 Å². The number of aromatic nitrogens is 1. The summed E-state index contributed by atoms with van der Waals surface area (Å²) < 4.78 is 22.0. The monoisotopic (exact) mass is 573 g/mol. The number of benzene rings is 1. The van der Waals surface area contributed by atoms with E-state index >= 15 is 0 Å². The topological polar surface area (TPSA) is 133 Å². The number of carbonyl (C=O) groups is 2. The second-order valence-electron chi connectivity index (χ2n) is 10.8. The van der Waals surface area contributed by atoms with Gasteiger partial charge in [-0.3, -0.25) is 9.78 Å². The third-order valence-electron chi connectivity index (χ3n) is 7.27. The minimum absolute atomic E-state index is 0.0877. The molecule has 2 unspecified atom stereocenters. The second kappa shape index (κ2) is 15.8. The molecule has 10 nitrogen and oxygen atoms in total. The first-order chi connectivity index (χ1) is 19.2. The van der Waals surface area contributed by atoms with Crippen LogP contribution in [-0.2, 0) is 33.7 Å². The average Bonchev–Trinajstić information content (AvgIpc) is 2.93. The van der Waals surface area contributed by atoms with E-state index in [9.17, 15) is 18.9 Å². The molecule has 0 saturated heterocycles. The van der Waals surface area contributed by atoms with Gasteiger partial charge in [0.25, 0.3) is 5.91 Å². The van der Waals surface area contributed by atoms with Gasteiger partial charge in [-0.05, 0) is 62.6 Å². The number of nitrogens with zero attached hydrogens (tertiary/aromatic N) is 2. The zero-order chi connectivity index (χ0) is 29.0. The number of hydrogen-bond donors (Lipinski definition) is 4. The molecule has 220 valence electrons. The maximum Gasteiger partial charge on any atom is 0.407 e. The van der Waals surface area contributed by atoms with Gasteiger partial charge in [0.05, 0.1) is 12.6 Å². The Kier molecular flexibility index (Phi) is 12.5. The summed E-state index contributed by atoms with van der Waals surface area (Å²) in [4.78, 5) is 29.6. The van der Waals surface area contributed by atoms with Crippen molar-refractivity contribution in [1.82, 2.24) is 24.6 Å². The third-order valence-corrected chi connectivity index (χ3v) is 8.38. The lowest BCUT2D eigenvalue weighted by Gasteiger charge is -2.41.